The Morgan fingerprint density at radius 2 is 1.67 bits per heavy atom. The minimum Gasteiger partial charge on any atom is -0.375 e. The molecule has 0 bridgehead atoms. The van der Waals surface area contributed by atoms with Gasteiger partial charge in [-0.25, -0.2) is 13.1 Å². The molecule has 0 heterocycles. The quantitative estimate of drug-likeness (QED) is 0.863. The maximum absolute atomic E-state index is 13.3. The van der Waals surface area contributed by atoms with Crippen LogP contribution in [-0.4, -0.2) is 26.2 Å². The Morgan fingerprint density at radius 1 is 1.04 bits per heavy atom. The summed E-state index contributed by atoms with van der Waals surface area (Å²) in [5.41, 5.74) is -3.12. The smallest absolute Gasteiger partial charge is 0.375 e. The SMILES string of the molecule is Cc1cccc(S(=O)(=O)NCC(O)(c2ccccc2)C(F)(F)F)c1. The molecule has 0 radical (unpaired) electrons. The fourth-order valence-electron chi connectivity index (χ4n) is 2.15. The normalized spacial score (nSPS) is 15.0. The van der Waals surface area contributed by atoms with Crippen LogP contribution in [0.5, 0.6) is 0 Å². The minimum absolute atomic E-state index is 0.167. The highest BCUT2D eigenvalue weighted by molar-refractivity contribution is 7.89. The van der Waals surface area contributed by atoms with Crippen molar-refractivity contribution in [3.8, 4) is 0 Å². The first-order valence-corrected chi connectivity index (χ1v) is 8.45. The van der Waals surface area contributed by atoms with Crippen molar-refractivity contribution in [2.45, 2.75) is 23.6 Å². The van der Waals surface area contributed by atoms with Crippen molar-refractivity contribution in [3.63, 3.8) is 0 Å². The molecule has 1 unspecified atom stereocenters. The summed E-state index contributed by atoms with van der Waals surface area (Å²) in [4.78, 5) is -0.167. The van der Waals surface area contributed by atoms with E-state index in [1.54, 1.807) is 13.0 Å². The van der Waals surface area contributed by atoms with Crippen molar-refractivity contribution in [2.24, 2.45) is 0 Å². The van der Waals surface area contributed by atoms with Crippen molar-refractivity contribution in [3.05, 3.63) is 65.7 Å². The molecule has 4 nitrogen and oxygen atoms in total. The first-order valence-electron chi connectivity index (χ1n) is 6.97. The Balaban J connectivity index is 2.32. The van der Waals surface area contributed by atoms with E-state index in [0.717, 1.165) is 12.1 Å². The number of nitrogens with one attached hydrogen (secondary N) is 1. The van der Waals surface area contributed by atoms with Crippen LogP contribution in [0.1, 0.15) is 11.1 Å². The molecule has 0 saturated carbocycles. The lowest BCUT2D eigenvalue weighted by molar-refractivity contribution is -0.263. The van der Waals surface area contributed by atoms with Crippen LogP contribution in [0.25, 0.3) is 0 Å². The number of rotatable bonds is 5. The Hall–Kier alpha value is -1.90. The summed E-state index contributed by atoms with van der Waals surface area (Å²) in [5, 5.41) is 10.1. The van der Waals surface area contributed by atoms with E-state index in [-0.39, 0.29) is 4.90 Å². The molecular formula is C16H16F3NO3S. The van der Waals surface area contributed by atoms with Gasteiger partial charge in [-0.1, -0.05) is 42.5 Å². The van der Waals surface area contributed by atoms with E-state index >= 15 is 0 Å². The molecule has 0 fully saturated rings. The molecule has 2 N–H and O–H groups in total. The number of aryl methyl sites for hydroxylation is 1. The Kier molecular flexibility index (Phi) is 5.03. The predicted octanol–water partition coefficient (Wildman–Crippen LogP) is 2.72. The Labute approximate surface area is 138 Å². The van der Waals surface area contributed by atoms with Gasteiger partial charge < -0.3 is 5.11 Å². The van der Waals surface area contributed by atoms with Crippen molar-refractivity contribution in [2.75, 3.05) is 6.54 Å². The summed E-state index contributed by atoms with van der Waals surface area (Å²) in [6.07, 6.45) is -5.05. The molecule has 1 atom stereocenters. The van der Waals surface area contributed by atoms with Crippen molar-refractivity contribution >= 4 is 10.0 Å². The van der Waals surface area contributed by atoms with E-state index in [0.29, 0.717) is 5.56 Å². The molecular weight excluding hydrogens is 343 g/mol. The predicted molar refractivity (Wildman–Crippen MR) is 82.8 cm³/mol. The van der Waals surface area contributed by atoms with Crippen LogP contribution in [0.3, 0.4) is 0 Å². The van der Waals surface area contributed by atoms with Crippen molar-refractivity contribution in [1.29, 1.82) is 0 Å². The van der Waals surface area contributed by atoms with Gasteiger partial charge in [0.15, 0.2) is 5.60 Å². The summed E-state index contributed by atoms with van der Waals surface area (Å²) < 4.78 is 66.3. The number of hydrogen-bond acceptors (Lipinski definition) is 3. The molecule has 8 heteroatoms. The average molecular weight is 359 g/mol. The molecule has 0 aliphatic rings. The highest BCUT2D eigenvalue weighted by Gasteiger charge is 2.55. The lowest BCUT2D eigenvalue weighted by atomic mass is 9.93. The highest BCUT2D eigenvalue weighted by atomic mass is 32.2. The number of benzene rings is 2. The number of aliphatic hydroxyl groups is 1. The van der Waals surface area contributed by atoms with Crippen molar-refractivity contribution in [1.82, 2.24) is 4.72 Å². The fourth-order valence-corrected chi connectivity index (χ4v) is 3.31. The first kappa shape index (κ1) is 18.4. The maximum atomic E-state index is 13.3. The van der Waals surface area contributed by atoms with Gasteiger partial charge in [0.05, 0.1) is 11.4 Å². The van der Waals surface area contributed by atoms with E-state index in [1.165, 1.54) is 36.4 Å². The number of hydrogen-bond donors (Lipinski definition) is 2. The molecule has 24 heavy (non-hydrogen) atoms. The third-order valence-electron chi connectivity index (χ3n) is 3.54. The third kappa shape index (κ3) is 3.77. The molecule has 0 amide bonds. The van der Waals surface area contributed by atoms with Gasteiger partial charge >= 0.3 is 6.18 Å². The summed E-state index contributed by atoms with van der Waals surface area (Å²) in [6.45, 7) is 0.436. The summed E-state index contributed by atoms with van der Waals surface area (Å²) in [6, 6.07) is 12.1. The number of halogens is 3. The van der Waals surface area contributed by atoms with Gasteiger partial charge in [-0.2, -0.15) is 13.2 Å². The lowest BCUT2D eigenvalue weighted by Gasteiger charge is -2.31. The third-order valence-corrected chi connectivity index (χ3v) is 4.94. The van der Waals surface area contributed by atoms with Gasteiger partial charge in [0, 0.05) is 0 Å². The van der Waals surface area contributed by atoms with Crippen LogP contribution < -0.4 is 4.72 Å². The highest BCUT2D eigenvalue weighted by Crippen LogP contribution is 2.38. The summed E-state index contributed by atoms with van der Waals surface area (Å²) in [5.74, 6) is 0. The summed E-state index contributed by atoms with van der Waals surface area (Å²) >= 11 is 0. The zero-order valence-corrected chi connectivity index (χ0v) is 13.5. The topological polar surface area (TPSA) is 66.4 Å². The van der Waals surface area contributed by atoms with Gasteiger partial charge in [0.2, 0.25) is 10.0 Å². The van der Waals surface area contributed by atoms with E-state index < -0.39 is 33.9 Å². The van der Waals surface area contributed by atoms with Crippen LogP contribution in [0.2, 0.25) is 0 Å². The van der Waals surface area contributed by atoms with Gasteiger partial charge in [0.1, 0.15) is 0 Å². The number of alkyl halides is 3. The monoisotopic (exact) mass is 359 g/mol. The number of sulfonamides is 1. The molecule has 0 spiro atoms. The molecule has 2 rings (SSSR count). The van der Waals surface area contributed by atoms with Gasteiger partial charge in [-0.15, -0.1) is 0 Å². The second kappa shape index (κ2) is 6.54. The lowest BCUT2D eigenvalue weighted by Crippen LogP contribution is -2.51. The van der Waals surface area contributed by atoms with Gasteiger partial charge in [0.25, 0.3) is 0 Å². The standard InChI is InChI=1S/C16H16F3NO3S/c1-12-6-5-9-14(10-12)24(22,23)20-11-15(21,16(17,18)19)13-7-3-2-4-8-13/h2-10,20-21H,11H2,1H3. The van der Waals surface area contributed by atoms with Crippen LogP contribution >= 0.6 is 0 Å². The van der Waals surface area contributed by atoms with Crippen LogP contribution in [-0.2, 0) is 15.6 Å². The molecule has 2 aromatic carbocycles. The zero-order chi connectivity index (χ0) is 18.0. The van der Waals surface area contributed by atoms with Gasteiger partial charge in [-0.3, -0.25) is 0 Å². The average Bonchev–Trinajstić information content (AvgIpc) is 2.52. The van der Waals surface area contributed by atoms with E-state index in [2.05, 4.69) is 0 Å². The molecule has 0 aliphatic carbocycles. The molecule has 2 aromatic rings. The molecule has 130 valence electrons. The van der Waals surface area contributed by atoms with Crippen LogP contribution in [0.15, 0.2) is 59.5 Å². The fraction of sp³-hybridized carbons (Fsp3) is 0.250. The van der Waals surface area contributed by atoms with Crippen LogP contribution in [0.4, 0.5) is 13.2 Å². The Bertz CT molecular complexity index is 807. The zero-order valence-electron chi connectivity index (χ0n) is 12.7. The van der Waals surface area contributed by atoms with E-state index in [9.17, 15) is 26.7 Å². The van der Waals surface area contributed by atoms with Crippen LogP contribution in [0, 0.1) is 6.92 Å². The molecule has 0 saturated heterocycles. The largest absolute Gasteiger partial charge is 0.422 e. The minimum atomic E-state index is -5.05. The van der Waals surface area contributed by atoms with E-state index in [1.807, 2.05) is 4.72 Å². The maximum Gasteiger partial charge on any atom is 0.422 e. The second-order valence-corrected chi connectivity index (χ2v) is 7.13. The molecule has 0 aromatic heterocycles. The molecule has 0 aliphatic heterocycles. The van der Waals surface area contributed by atoms with E-state index in [4.69, 9.17) is 0 Å². The summed E-state index contributed by atoms with van der Waals surface area (Å²) in [7, 11) is -4.19. The second-order valence-electron chi connectivity index (χ2n) is 5.37. The van der Waals surface area contributed by atoms with Crippen molar-refractivity contribution < 1.29 is 26.7 Å². The first-order chi connectivity index (χ1) is 11.1. The van der Waals surface area contributed by atoms with Gasteiger partial charge in [-0.05, 0) is 30.2 Å². The Morgan fingerprint density at radius 3 is 2.21 bits per heavy atom.